The number of fused-ring (bicyclic) bond motifs is 4. The van der Waals surface area contributed by atoms with Crippen LogP contribution in [0.4, 0.5) is 0 Å². The molecule has 3 heterocycles. The first-order chi connectivity index (χ1) is 15.9. The van der Waals surface area contributed by atoms with Gasteiger partial charge in [-0.2, -0.15) is 0 Å². The molecule has 0 saturated heterocycles. The van der Waals surface area contributed by atoms with Crippen molar-refractivity contribution in [2.24, 2.45) is 0 Å². The number of unbranched alkanes of at least 4 members (excludes halogenated alkanes) is 1. The SMILES string of the molecule is c1ccc(-c2nc3ccccc3n2CCCCn2c3ccccc3c3ccccc32)nc1. The van der Waals surface area contributed by atoms with Gasteiger partial charge in [0.2, 0.25) is 0 Å². The van der Waals surface area contributed by atoms with E-state index in [1.807, 2.05) is 30.5 Å². The van der Waals surface area contributed by atoms with Crippen LogP contribution in [0.25, 0.3) is 44.4 Å². The van der Waals surface area contributed by atoms with Crippen LogP contribution in [0.3, 0.4) is 0 Å². The molecule has 0 amide bonds. The number of imidazole rings is 1. The third kappa shape index (κ3) is 3.16. The van der Waals surface area contributed by atoms with Crippen molar-refractivity contribution in [3.05, 3.63) is 97.2 Å². The fourth-order valence-corrected chi connectivity index (χ4v) is 4.78. The molecule has 0 unspecified atom stereocenters. The van der Waals surface area contributed by atoms with Crippen LogP contribution in [0.1, 0.15) is 12.8 Å². The molecule has 0 saturated carbocycles. The molecule has 4 heteroatoms. The third-order valence-corrected chi connectivity index (χ3v) is 6.24. The lowest BCUT2D eigenvalue weighted by Crippen LogP contribution is -2.04. The zero-order valence-corrected chi connectivity index (χ0v) is 17.9. The van der Waals surface area contributed by atoms with E-state index >= 15 is 0 Å². The summed E-state index contributed by atoms with van der Waals surface area (Å²) in [5.74, 6) is 0.948. The maximum absolute atomic E-state index is 4.89. The fraction of sp³-hybridized carbons (Fsp3) is 0.143. The average molecular weight is 417 g/mol. The number of aryl methyl sites for hydroxylation is 2. The molecule has 0 radical (unpaired) electrons. The molecule has 4 nitrogen and oxygen atoms in total. The minimum Gasteiger partial charge on any atom is -0.340 e. The van der Waals surface area contributed by atoms with Gasteiger partial charge in [0, 0.05) is 41.1 Å². The highest BCUT2D eigenvalue weighted by atomic mass is 15.1. The molecule has 156 valence electrons. The molecule has 0 fully saturated rings. The second-order valence-electron chi connectivity index (χ2n) is 8.18. The summed E-state index contributed by atoms with van der Waals surface area (Å²) in [5, 5.41) is 2.67. The van der Waals surface area contributed by atoms with Gasteiger partial charge in [0.25, 0.3) is 0 Å². The van der Waals surface area contributed by atoms with Gasteiger partial charge in [0.1, 0.15) is 5.69 Å². The first-order valence-electron chi connectivity index (χ1n) is 11.2. The van der Waals surface area contributed by atoms with Gasteiger partial charge in [-0.15, -0.1) is 0 Å². The number of nitrogens with zero attached hydrogens (tertiary/aromatic N) is 4. The van der Waals surface area contributed by atoms with E-state index in [0.29, 0.717) is 0 Å². The van der Waals surface area contributed by atoms with Gasteiger partial charge in [-0.05, 0) is 49.2 Å². The lowest BCUT2D eigenvalue weighted by molar-refractivity contribution is 0.576. The number of para-hydroxylation sites is 4. The molecule has 0 bridgehead atoms. The normalized spacial score (nSPS) is 11.6. The Kier molecular flexibility index (Phi) is 4.69. The lowest BCUT2D eigenvalue weighted by atomic mass is 10.2. The highest BCUT2D eigenvalue weighted by Gasteiger charge is 2.13. The van der Waals surface area contributed by atoms with Crippen LogP contribution in [0, 0.1) is 0 Å². The summed E-state index contributed by atoms with van der Waals surface area (Å²) in [4.78, 5) is 9.44. The molecule has 3 aromatic heterocycles. The molecule has 3 aromatic carbocycles. The number of aromatic nitrogens is 4. The van der Waals surface area contributed by atoms with Crippen LogP contribution >= 0.6 is 0 Å². The van der Waals surface area contributed by atoms with Crippen molar-refractivity contribution >= 4 is 32.8 Å². The molecular weight excluding hydrogens is 392 g/mol. The van der Waals surface area contributed by atoms with Gasteiger partial charge in [-0.1, -0.05) is 54.6 Å². The molecular formula is C28H24N4. The quantitative estimate of drug-likeness (QED) is 0.284. The summed E-state index contributed by atoms with van der Waals surface area (Å²) in [6, 6.07) is 31.8. The van der Waals surface area contributed by atoms with Gasteiger partial charge in [0.15, 0.2) is 5.82 Å². The molecule has 0 spiro atoms. The van der Waals surface area contributed by atoms with Gasteiger partial charge in [-0.3, -0.25) is 4.98 Å². The standard InChI is InChI=1S/C28H24N4/c1-4-15-25-21(11-1)22-12-2-5-16-26(22)31(25)19-9-10-20-32-27-17-6-3-13-23(27)30-28(32)24-14-7-8-18-29-24/h1-8,11-18H,9-10,19-20H2. The fourth-order valence-electron chi connectivity index (χ4n) is 4.78. The van der Waals surface area contributed by atoms with Gasteiger partial charge in [-0.25, -0.2) is 4.98 Å². The maximum atomic E-state index is 4.89. The van der Waals surface area contributed by atoms with E-state index in [9.17, 15) is 0 Å². The van der Waals surface area contributed by atoms with Crippen molar-refractivity contribution in [3.63, 3.8) is 0 Å². The Morgan fingerprint density at radius 3 is 1.84 bits per heavy atom. The molecule has 6 aromatic rings. The Morgan fingerprint density at radius 2 is 1.16 bits per heavy atom. The van der Waals surface area contributed by atoms with Crippen molar-refractivity contribution in [2.45, 2.75) is 25.9 Å². The zero-order chi connectivity index (χ0) is 21.3. The Bertz CT molecular complexity index is 1470. The van der Waals surface area contributed by atoms with Crippen LogP contribution in [0.15, 0.2) is 97.2 Å². The van der Waals surface area contributed by atoms with E-state index in [-0.39, 0.29) is 0 Å². The highest BCUT2D eigenvalue weighted by molar-refractivity contribution is 6.07. The summed E-state index contributed by atoms with van der Waals surface area (Å²) in [6.07, 6.45) is 4.00. The van der Waals surface area contributed by atoms with E-state index in [2.05, 4.69) is 80.8 Å². The topological polar surface area (TPSA) is 35.6 Å². The Hall–Kier alpha value is -3.92. The number of pyridine rings is 1. The summed E-state index contributed by atoms with van der Waals surface area (Å²) in [5.41, 5.74) is 5.75. The lowest BCUT2D eigenvalue weighted by Gasteiger charge is -2.11. The minimum absolute atomic E-state index is 0.920. The highest BCUT2D eigenvalue weighted by Crippen LogP contribution is 2.29. The molecule has 0 aliphatic carbocycles. The summed E-state index contributed by atoms with van der Waals surface area (Å²) < 4.78 is 4.79. The van der Waals surface area contributed by atoms with Gasteiger partial charge < -0.3 is 9.13 Å². The second-order valence-corrected chi connectivity index (χ2v) is 8.18. The van der Waals surface area contributed by atoms with Crippen molar-refractivity contribution in [1.29, 1.82) is 0 Å². The molecule has 6 rings (SSSR count). The smallest absolute Gasteiger partial charge is 0.159 e. The van der Waals surface area contributed by atoms with Crippen LogP contribution < -0.4 is 0 Å². The second kappa shape index (κ2) is 7.97. The largest absolute Gasteiger partial charge is 0.340 e. The monoisotopic (exact) mass is 416 g/mol. The van der Waals surface area contributed by atoms with Crippen LogP contribution in [-0.2, 0) is 13.1 Å². The predicted octanol–water partition coefficient (Wildman–Crippen LogP) is 6.69. The van der Waals surface area contributed by atoms with Crippen LogP contribution in [-0.4, -0.2) is 19.1 Å². The van der Waals surface area contributed by atoms with Crippen LogP contribution in [0.5, 0.6) is 0 Å². The third-order valence-electron chi connectivity index (χ3n) is 6.24. The van der Waals surface area contributed by atoms with E-state index < -0.39 is 0 Å². The van der Waals surface area contributed by atoms with Crippen molar-refractivity contribution < 1.29 is 0 Å². The van der Waals surface area contributed by atoms with E-state index in [1.165, 1.54) is 27.3 Å². The Morgan fingerprint density at radius 1 is 0.562 bits per heavy atom. The van der Waals surface area contributed by atoms with Gasteiger partial charge >= 0.3 is 0 Å². The number of rotatable bonds is 6. The first kappa shape index (κ1) is 18.8. The van der Waals surface area contributed by atoms with Crippen molar-refractivity contribution in [3.8, 4) is 11.5 Å². The zero-order valence-electron chi connectivity index (χ0n) is 17.9. The Balaban J connectivity index is 1.28. The van der Waals surface area contributed by atoms with E-state index in [1.54, 1.807) is 0 Å². The average Bonchev–Trinajstić information content (AvgIpc) is 3.39. The molecule has 0 aliphatic rings. The molecule has 0 aliphatic heterocycles. The predicted molar refractivity (Wildman–Crippen MR) is 132 cm³/mol. The maximum Gasteiger partial charge on any atom is 0.159 e. The van der Waals surface area contributed by atoms with Crippen molar-refractivity contribution in [2.75, 3.05) is 0 Å². The number of hydrogen-bond acceptors (Lipinski definition) is 2. The molecule has 32 heavy (non-hydrogen) atoms. The minimum atomic E-state index is 0.920. The Labute approximate surface area is 186 Å². The van der Waals surface area contributed by atoms with E-state index in [0.717, 1.165) is 43.0 Å². The summed E-state index contributed by atoms with van der Waals surface area (Å²) in [7, 11) is 0. The molecule has 0 N–H and O–H groups in total. The van der Waals surface area contributed by atoms with Crippen LogP contribution in [0.2, 0.25) is 0 Å². The van der Waals surface area contributed by atoms with Crippen molar-refractivity contribution in [1.82, 2.24) is 19.1 Å². The summed E-state index contributed by atoms with van der Waals surface area (Å²) in [6.45, 7) is 1.92. The molecule has 0 atom stereocenters. The first-order valence-corrected chi connectivity index (χ1v) is 11.2. The van der Waals surface area contributed by atoms with E-state index in [4.69, 9.17) is 4.98 Å². The summed E-state index contributed by atoms with van der Waals surface area (Å²) >= 11 is 0. The van der Waals surface area contributed by atoms with Gasteiger partial charge in [0.05, 0.1) is 11.0 Å². The number of hydrogen-bond donors (Lipinski definition) is 0. The number of benzene rings is 3.